The van der Waals surface area contributed by atoms with E-state index in [4.69, 9.17) is 0 Å². The summed E-state index contributed by atoms with van der Waals surface area (Å²) in [5.41, 5.74) is 1.53. The monoisotopic (exact) mass is 338 g/mol. The van der Waals surface area contributed by atoms with Crippen molar-refractivity contribution in [1.82, 2.24) is 9.97 Å². The quantitative estimate of drug-likeness (QED) is 0.867. The van der Waals surface area contributed by atoms with Crippen LogP contribution in [0.3, 0.4) is 0 Å². The SMILES string of the molecule is CC(=O)c1cccc(NC(=O)c2cnc(N3CCC(C)CC3)nc2)c1. The van der Waals surface area contributed by atoms with Gasteiger partial charge < -0.3 is 10.2 Å². The molecule has 3 rings (SSSR count). The lowest BCUT2D eigenvalue weighted by Crippen LogP contribution is -2.34. The number of benzene rings is 1. The lowest BCUT2D eigenvalue weighted by molar-refractivity contribution is 0.101. The van der Waals surface area contributed by atoms with Crippen molar-refractivity contribution in [2.24, 2.45) is 5.92 Å². The Hall–Kier alpha value is -2.76. The van der Waals surface area contributed by atoms with E-state index >= 15 is 0 Å². The van der Waals surface area contributed by atoms with Crippen LogP contribution >= 0.6 is 0 Å². The first-order valence-corrected chi connectivity index (χ1v) is 8.52. The van der Waals surface area contributed by atoms with E-state index in [1.807, 2.05) is 0 Å². The molecule has 1 saturated heterocycles. The van der Waals surface area contributed by atoms with E-state index in [2.05, 4.69) is 27.1 Å². The summed E-state index contributed by atoms with van der Waals surface area (Å²) < 4.78 is 0. The summed E-state index contributed by atoms with van der Waals surface area (Å²) in [7, 11) is 0. The van der Waals surface area contributed by atoms with Crippen molar-refractivity contribution < 1.29 is 9.59 Å². The summed E-state index contributed by atoms with van der Waals surface area (Å²) in [5, 5.41) is 2.77. The zero-order chi connectivity index (χ0) is 17.8. The fraction of sp³-hybridized carbons (Fsp3) is 0.368. The molecule has 0 spiro atoms. The van der Waals surface area contributed by atoms with Crippen LogP contribution in [0.25, 0.3) is 0 Å². The topological polar surface area (TPSA) is 75.2 Å². The standard InChI is InChI=1S/C19H22N4O2/c1-13-6-8-23(9-7-13)19-20-11-16(12-21-19)18(25)22-17-5-3-4-15(10-17)14(2)24/h3-5,10-13H,6-9H2,1-2H3,(H,22,25). The number of piperidine rings is 1. The Morgan fingerprint density at radius 3 is 2.44 bits per heavy atom. The Kier molecular flexibility index (Phi) is 5.07. The predicted molar refractivity (Wildman–Crippen MR) is 97.0 cm³/mol. The van der Waals surface area contributed by atoms with Crippen LogP contribution in [0.5, 0.6) is 0 Å². The number of nitrogens with one attached hydrogen (secondary N) is 1. The highest BCUT2D eigenvalue weighted by atomic mass is 16.1. The Bertz CT molecular complexity index is 765. The number of hydrogen-bond donors (Lipinski definition) is 1. The summed E-state index contributed by atoms with van der Waals surface area (Å²) >= 11 is 0. The summed E-state index contributed by atoms with van der Waals surface area (Å²) in [6, 6.07) is 6.86. The first kappa shape index (κ1) is 17.1. The van der Waals surface area contributed by atoms with Gasteiger partial charge in [0.1, 0.15) is 0 Å². The van der Waals surface area contributed by atoms with Gasteiger partial charge in [-0.1, -0.05) is 19.1 Å². The molecule has 130 valence electrons. The maximum Gasteiger partial charge on any atom is 0.258 e. The minimum absolute atomic E-state index is 0.0420. The molecule has 0 radical (unpaired) electrons. The maximum atomic E-state index is 12.3. The van der Waals surface area contributed by atoms with Crippen molar-refractivity contribution in [2.45, 2.75) is 26.7 Å². The van der Waals surface area contributed by atoms with Crippen LogP contribution in [-0.4, -0.2) is 34.7 Å². The van der Waals surface area contributed by atoms with Gasteiger partial charge in [-0.2, -0.15) is 0 Å². The van der Waals surface area contributed by atoms with Crippen LogP contribution in [0, 0.1) is 5.92 Å². The largest absolute Gasteiger partial charge is 0.341 e. The molecule has 0 aliphatic carbocycles. The van der Waals surface area contributed by atoms with Gasteiger partial charge in [0.2, 0.25) is 5.95 Å². The number of carbonyl (C=O) groups is 2. The predicted octanol–water partition coefficient (Wildman–Crippen LogP) is 3.17. The molecule has 1 fully saturated rings. The van der Waals surface area contributed by atoms with Crippen LogP contribution in [0.2, 0.25) is 0 Å². The van der Waals surface area contributed by atoms with E-state index in [1.165, 1.54) is 6.92 Å². The molecule has 0 bridgehead atoms. The highest BCUT2D eigenvalue weighted by Crippen LogP contribution is 2.20. The zero-order valence-electron chi connectivity index (χ0n) is 14.5. The highest BCUT2D eigenvalue weighted by Gasteiger charge is 2.18. The molecule has 25 heavy (non-hydrogen) atoms. The van der Waals surface area contributed by atoms with Gasteiger partial charge in [-0.05, 0) is 37.8 Å². The molecular weight excluding hydrogens is 316 g/mol. The number of carbonyl (C=O) groups excluding carboxylic acids is 2. The molecule has 1 aliphatic heterocycles. The minimum atomic E-state index is -0.292. The lowest BCUT2D eigenvalue weighted by Gasteiger charge is -2.30. The van der Waals surface area contributed by atoms with Gasteiger partial charge in [0.15, 0.2) is 5.78 Å². The van der Waals surface area contributed by atoms with Crippen LogP contribution in [-0.2, 0) is 0 Å². The Morgan fingerprint density at radius 2 is 1.80 bits per heavy atom. The molecule has 2 aromatic rings. The Balaban J connectivity index is 1.66. The van der Waals surface area contributed by atoms with Gasteiger partial charge in [0.25, 0.3) is 5.91 Å². The molecule has 6 nitrogen and oxygen atoms in total. The van der Waals surface area contributed by atoms with Crippen molar-refractivity contribution in [1.29, 1.82) is 0 Å². The van der Waals surface area contributed by atoms with E-state index < -0.39 is 0 Å². The number of nitrogens with zero attached hydrogens (tertiary/aromatic N) is 3. The molecule has 1 aromatic heterocycles. The van der Waals surface area contributed by atoms with E-state index in [0.29, 0.717) is 22.8 Å². The van der Waals surface area contributed by atoms with Crippen LogP contribution < -0.4 is 10.2 Å². The average molecular weight is 338 g/mol. The van der Waals surface area contributed by atoms with Gasteiger partial charge in [-0.15, -0.1) is 0 Å². The van der Waals surface area contributed by atoms with Crippen LogP contribution in [0.15, 0.2) is 36.7 Å². The highest BCUT2D eigenvalue weighted by molar-refractivity contribution is 6.04. The molecular formula is C19H22N4O2. The molecule has 6 heteroatoms. The Labute approximate surface area is 147 Å². The fourth-order valence-corrected chi connectivity index (χ4v) is 2.83. The van der Waals surface area contributed by atoms with Gasteiger partial charge >= 0.3 is 0 Å². The summed E-state index contributed by atoms with van der Waals surface area (Å²) in [6.45, 7) is 5.65. The van der Waals surface area contributed by atoms with E-state index in [0.717, 1.165) is 31.8 Å². The number of amides is 1. The summed E-state index contributed by atoms with van der Waals surface area (Å²) in [4.78, 5) is 34.6. The second-order valence-electron chi connectivity index (χ2n) is 6.53. The number of anilines is 2. The second-order valence-corrected chi connectivity index (χ2v) is 6.53. The fourth-order valence-electron chi connectivity index (χ4n) is 2.83. The van der Waals surface area contributed by atoms with Crippen LogP contribution in [0.1, 0.15) is 47.4 Å². The maximum absolute atomic E-state index is 12.3. The molecule has 0 atom stereocenters. The number of rotatable bonds is 4. The number of hydrogen-bond acceptors (Lipinski definition) is 5. The zero-order valence-corrected chi connectivity index (χ0v) is 14.5. The third-order valence-corrected chi connectivity index (χ3v) is 4.49. The average Bonchev–Trinajstić information content (AvgIpc) is 2.63. The first-order chi connectivity index (χ1) is 12.0. The second kappa shape index (κ2) is 7.42. The van der Waals surface area contributed by atoms with Gasteiger partial charge in [-0.3, -0.25) is 9.59 Å². The summed E-state index contributed by atoms with van der Waals surface area (Å²) in [5.74, 6) is 1.08. The van der Waals surface area contributed by atoms with Gasteiger partial charge in [-0.25, -0.2) is 9.97 Å². The number of ketones is 1. The lowest BCUT2D eigenvalue weighted by atomic mass is 10.00. The van der Waals surface area contributed by atoms with Crippen molar-refractivity contribution in [3.8, 4) is 0 Å². The van der Waals surface area contributed by atoms with Crippen LogP contribution in [0.4, 0.5) is 11.6 Å². The Morgan fingerprint density at radius 1 is 1.12 bits per heavy atom. The molecule has 1 N–H and O–H groups in total. The number of Topliss-reactive ketones (excluding diaryl/α,β-unsaturated/α-hetero) is 1. The summed E-state index contributed by atoms with van der Waals surface area (Å²) in [6.07, 6.45) is 5.37. The number of aromatic nitrogens is 2. The normalized spacial score (nSPS) is 15.0. The minimum Gasteiger partial charge on any atom is -0.341 e. The molecule has 2 heterocycles. The van der Waals surface area contributed by atoms with E-state index in [1.54, 1.807) is 36.7 Å². The van der Waals surface area contributed by atoms with Crippen molar-refractivity contribution in [3.05, 3.63) is 47.8 Å². The van der Waals surface area contributed by atoms with E-state index in [9.17, 15) is 9.59 Å². The third-order valence-electron chi connectivity index (χ3n) is 4.49. The van der Waals surface area contributed by atoms with Gasteiger partial charge in [0.05, 0.1) is 5.56 Å². The smallest absolute Gasteiger partial charge is 0.258 e. The molecule has 0 saturated carbocycles. The molecule has 1 aromatic carbocycles. The molecule has 1 amide bonds. The van der Waals surface area contributed by atoms with Crippen molar-refractivity contribution in [3.63, 3.8) is 0 Å². The third kappa shape index (κ3) is 4.21. The van der Waals surface area contributed by atoms with Crippen molar-refractivity contribution in [2.75, 3.05) is 23.3 Å². The van der Waals surface area contributed by atoms with Crippen molar-refractivity contribution >= 4 is 23.3 Å². The first-order valence-electron chi connectivity index (χ1n) is 8.52. The van der Waals surface area contributed by atoms with E-state index in [-0.39, 0.29) is 11.7 Å². The van der Waals surface area contributed by atoms with Gasteiger partial charge in [0, 0.05) is 36.7 Å². The molecule has 1 aliphatic rings. The molecule has 0 unspecified atom stereocenters.